The number of hydrogen-bond acceptors (Lipinski definition) is 2. The van der Waals surface area contributed by atoms with Crippen LogP contribution in [-0.2, 0) is 4.79 Å². The van der Waals surface area contributed by atoms with Crippen LogP contribution in [-0.4, -0.2) is 40.3 Å². The first kappa shape index (κ1) is 10.3. The van der Waals surface area contributed by atoms with E-state index in [1.807, 2.05) is 6.92 Å². The Hall–Kier alpha value is -1.26. The third kappa shape index (κ3) is 1.46. The number of aliphatic carboxylic acids is 1. The van der Waals surface area contributed by atoms with E-state index >= 15 is 0 Å². The van der Waals surface area contributed by atoms with Crippen molar-refractivity contribution in [2.24, 2.45) is 17.3 Å². The predicted molar refractivity (Wildman–Crippen MR) is 51.6 cm³/mol. The number of nitrogens with zero attached hydrogens (tertiary/aromatic N) is 1. The Morgan fingerprint density at radius 1 is 1.40 bits per heavy atom. The molecule has 3 unspecified atom stereocenters. The van der Waals surface area contributed by atoms with E-state index in [9.17, 15) is 9.59 Å². The molecular weight excluding hydrogens is 198 g/mol. The fourth-order valence-corrected chi connectivity index (χ4v) is 2.84. The van der Waals surface area contributed by atoms with Gasteiger partial charge in [0.2, 0.25) is 0 Å². The molecule has 0 aromatic carbocycles. The van der Waals surface area contributed by atoms with Crippen LogP contribution in [0.15, 0.2) is 0 Å². The zero-order chi connectivity index (χ0) is 11.2. The number of carboxylic acids is 1. The molecule has 5 heteroatoms. The molecule has 84 valence electrons. The van der Waals surface area contributed by atoms with Crippen molar-refractivity contribution in [2.45, 2.75) is 19.8 Å². The second-order valence-corrected chi connectivity index (χ2v) is 4.71. The maximum absolute atomic E-state index is 10.9. The summed E-state index contributed by atoms with van der Waals surface area (Å²) in [6, 6.07) is 0. The Bertz CT molecular complexity index is 317. The number of rotatable bonds is 1. The summed E-state index contributed by atoms with van der Waals surface area (Å²) in [6.07, 6.45) is 0.512. The Morgan fingerprint density at radius 2 is 2.07 bits per heavy atom. The Kier molecular flexibility index (Phi) is 2.13. The molecule has 2 aliphatic rings. The lowest BCUT2D eigenvalue weighted by Crippen LogP contribution is -2.44. The highest BCUT2D eigenvalue weighted by atomic mass is 16.4. The Morgan fingerprint density at radius 3 is 2.47 bits per heavy atom. The minimum atomic E-state index is -0.899. The summed E-state index contributed by atoms with van der Waals surface area (Å²) in [5.74, 6) is -0.822. The van der Waals surface area contributed by atoms with E-state index in [4.69, 9.17) is 10.2 Å². The quantitative estimate of drug-likeness (QED) is 0.683. The monoisotopic (exact) mass is 213 g/mol. The van der Waals surface area contributed by atoms with E-state index in [2.05, 4.69) is 0 Å². The van der Waals surface area contributed by atoms with Crippen molar-refractivity contribution < 1.29 is 19.8 Å². The minimum absolute atomic E-state index is 0.113. The predicted octanol–water partition coefficient (Wildman–Crippen LogP) is 1.10. The molecule has 0 radical (unpaired) electrons. The molecule has 1 aliphatic carbocycles. The third-order valence-electron chi connectivity index (χ3n) is 4.01. The van der Waals surface area contributed by atoms with Gasteiger partial charge in [0.25, 0.3) is 0 Å². The molecule has 1 heterocycles. The van der Waals surface area contributed by atoms with Crippen molar-refractivity contribution in [3.8, 4) is 0 Å². The first-order valence-electron chi connectivity index (χ1n) is 5.18. The van der Waals surface area contributed by atoms with Gasteiger partial charge >= 0.3 is 12.1 Å². The van der Waals surface area contributed by atoms with Crippen LogP contribution in [0, 0.1) is 17.3 Å². The van der Waals surface area contributed by atoms with Gasteiger partial charge in [-0.25, -0.2) is 4.79 Å². The smallest absolute Gasteiger partial charge is 0.407 e. The topological polar surface area (TPSA) is 77.8 Å². The third-order valence-corrected chi connectivity index (χ3v) is 4.01. The zero-order valence-corrected chi connectivity index (χ0v) is 8.64. The van der Waals surface area contributed by atoms with Crippen molar-refractivity contribution in [1.82, 2.24) is 4.90 Å². The molecule has 1 saturated heterocycles. The number of amides is 1. The number of likely N-dealkylation sites (tertiary alicyclic amines) is 1. The molecule has 15 heavy (non-hydrogen) atoms. The molecule has 5 nitrogen and oxygen atoms in total. The highest BCUT2D eigenvalue weighted by Crippen LogP contribution is 2.61. The molecule has 0 aromatic heterocycles. The number of carbonyl (C=O) groups is 2. The van der Waals surface area contributed by atoms with Crippen LogP contribution in [0.1, 0.15) is 19.8 Å². The molecule has 3 atom stereocenters. The average molecular weight is 213 g/mol. The van der Waals surface area contributed by atoms with Gasteiger partial charge in [0.15, 0.2) is 0 Å². The zero-order valence-electron chi connectivity index (χ0n) is 8.64. The van der Waals surface area contributed by atoms with Crippen molar-refractivity contribution in [2.75, 3.05) is 13.1 Å². The number of carboxylic acid groups (broad SMARTS) is 2. The van der Waals surface area contributed by atoms with Gasteiger partial charge < -0.3 is 15.1 Å². The maximum Gasteiger partial charge on any atom is 0.407 e. The molecule has 1 spiro atoms. The fourth-order valence-electron chi connectivity index (χ4n) is 2.84. The van der Waals surface area contributed by atoms with E-state index in [0.717, 1.165) is 6.42 Å². The van der Waals surface area contributed by atoms with Gasteiger partial charge in [-0.1, -0.05) is 6.92 Å². The van der Waals surface area contributed by atoms with Crippen molar-refractivity contribution in [3.05, 3.63) is 0 Å². The normalized spacial score (nSPS) is 39.1. The van der Waals surface area contributed by atoms with Gasteiger partial charge in [0.05, 0.1) is 5.92 Å². The van der Waals surface area contributed by atoms with Crippen LogP contribution in [0.3, 0.4) is 0 Å². The largest absolute Gasteiger partial charge is 0.481 e. The first-order chi connectivity index (χ1) is 6.97. The lowest BCUT2D eigenvalue weighted by molar-refractivity contribution is -0.140. The summed E-state index contributed by atoms with van der Waals surface area (Å²) < 4.78 is 0. The fraction of sp³-hybridized carbons (Fsp3) is 0.800. The van der Waals surface area contributed by atoms with Gasteiger partial charge in [-0.05, 0) is 24.2 Å². The summed E-state index contributed by atoms with van der Waals surface area (Å²) in [5.41, 5.74) is -0.113. The minimum Gasteiger partial charge on any atom is -0.481 e. The highest BCUT2D eigenvalue weighted by molar-refractivity contribution is 5.75. The van der Waals surface area contributed by atoms with Gasteiger partial charge in [-0.3, -0.25) is 4.79 Å². The maximum atomic E-state index is 10.9. The number of hydrogen-bond donors (Lipinski definition) is 2. The molecule has 1 amide bonds. The SMILES string of the molecule is CC1CN(C(=O)O)CCC12CC2C(=O)O. The molecule has 0 aromatic rings. The van der Waals surface area contributed by atoms with E-state index in [1.165, 1.54) is 4.90 Å². The van der Waals surface area contributed by atoms with Crippen molar-refractivity contribution >= 4 is 12.1 Å². The first-order valence-corrected chi connectivity index (χ1v) is 5.18. The lowest BCUT2D eigenvalue weighted by atomic mass is 9.81. The van der Waals surface area contributed by atoms with Gasteiger partial charge in [0.1, 0.15) is 0 Å². The highest BCUT2D eigenvalue weighted by Gasteiger charge is 2.62. The summed E-state index contributed by atoms with van der Waals surface area (Å²) in [7, 11) is 0. The van der Waals surface area contributed by atoms with Crippen LogP contribution < -0.4 is 0 Å². The summed E-state index contributed by atoms with van der Waals surface area (Å²) in [4.78, 5) is 23.0. The van der Waals surface area contributed by atoms with E-state index in [-0.39, 0.29) is 17.3 Å². The molecule has 2 fully saturated rings. The second kappa shape index (κ2) is 3.12. The van der Waals surface area contributed by atoms with Crippen LogP contribution in [0.25, 0.3) is 0 Å². The van der Waals surface area contributed by atoms with E-state index in [0.29, 0.717) is 19.5 Å². The molecular formula is C10H15NO4. The van der Waals surface area contributed by atoms with Crippen LogP contribution >= 0.6 is 0 Å². The molecule has 1 aliphatic heterocycles. The van der Waals surface area contributed by atoms with Gasteiger partial charge in [0, 0.05) is 13.1 Å². The number of piperidine rings is 1. The summed E-state index contributed by atoms with van der Waals surface area (Å²) >= 11 is 0. The van der Waals surface area contributed by atoms with Crippen LogP contribution in [0.2, 0.25) is 0 Å². The van der Waals surface area contributed by atoms with Crippen LogP contribution in [0.5, 0.6) is 0 Å². The van der Waals surface area contributed by atoms with Crippen LogP contribution in [0.4, 0.5) is 4.79 Å². The molecule has 2 rings (SSSR count). The Balaban J connectivity index is 2.03. The van der Waals surface area contributed by atoms with Gasteiger partial charge in [-0.15, -0.1) is 0 Å². The molecule has 1 saturated carbocycles. The molecule has 2 N–H and O–H groups in total. The Labute approximate surface area is 87.7 Å². The standard InChI is InChI=1S/C10H15NO4/c1-6-5-11(9(14)15)3-2-10(6)4-7(10)8(12)13/h6-7H,2-5H2,1H3,(H,12,13)(H,14,15). The van der Waals surface area contributed by atoms with Crippen molar-refractivity contribution in [3.63, 3.8) is 0 Å². The average Bonchev–Trinajstić information content (AvgIpc) is 2.86. The van der Waals surface area contributed by atoms with Crippen molar-refractivity contribution in [1.29, 1.82) is 0 Å². The second-order valence-electron chi connectivity index (χ2n) is 4.71. The lowest BCUT2D eigenvalue weighted by Gasteiger charge is -2.36. The summed E-state index contributed by atoms with van der Waals surface area (Å²) in [6.45, 7) is 2.90. The van der Waals surface area contributed by atoms with Gasteiger partial charge in [-0.2, -0.15) is 0 Å². The molecule has 0 bridgehead atoms. The van der Waals surface area contributed by atoms with E-state index < -0.39 is 12.1 Å². The van der Waals surface area contributed by atoms with E-state index in [1.54, 1.807) is 0 Å². The summed E-state index contributed by atoms with van der Waals surface area (Å²) in [5, 5.41) is 17.8.